The molecule has 1 spiro atoms. The standard InChI is InChI=1S/C18H21F2N3O5/c19-11-2-1-10(9-12(11)20)22-15(26)13(24)14(25)16(27)23-7-4-18(5-8-23)3-6-21-17(18)28/h1-2,9,13-14,24-25H,3-8H2,(H,21,28)(H,22,26)/t13-,14-/m1/s1. The lowest BCUT2D eigenvalue weighted by Crippen LogP contribution is -2.53. The molecule has 3 rings (SSSR count). The molecular formula is C18H21F2N3O5. The molecule has 1 aromatic carbocycles. The number of halogens is 2. The number of hydrogen-bond acceptors (Lipinski definition) is 5. The molecule has 28 heavy (non-hydrogen) atoms. The van der Waals surface area contributed by atoms with E-state index < -0.39 is 41.1 Å². The third kappa shape index (κ3) is 3.83. The number of amides is 3. The minimum absolute atomic E-state index is 0.0360. The van der Waals surface area contributed by atoms with Crippen LogP contribution in [-0.4, -0.2) is 64.7 Å². The van der Waals surface area contributed by atoms with Gasteiger partial charge in [-0.15, -0.1) is 0 Å². The van der Waals surface area contributed by atoms with E-state index in [9.17, 15) is 33.4 Å². The number of anilines is 1. The predicted molar refractivity (Wildman–Crippen MR) is 92.9 cm³/mol. The van der Waals surface area contributed by atoms with E-state index in [-0.39, 0.29) is 24.7 Å². The summed E-state index contributed by atoms with van der Waals surface area (Å²) < 4.78 is 26.1. The molecule has 2 atom stereocenters. The van der Waals surface area contributed by atoms with Gasteiger partial charge in [0.1, 0.15) is 0 Å². The highest BCUT2D eigenvalue weighted by molar-refractivity contribution is 5.98. The van der Waals surface area contributed by atoms with Crippen LogP contribution in [0.2, 0.25) is 0 Å². The maximum atomic E-state index is 13.2. The van der Waals surface area contributed by atoms with Crippen molar-refractivity contribution in [3.05, 3.63) is 29.8 Å². The minimum Gasteiger partial charge on any atom is -0.380 e. The van der Waals surface area contributed by atoms with Crippen LogP contribution in [0, 0.1) is 17.0 Å². The van der Waals surface area contributed by atoms with Gasteiger partial charge in [-0.2, -0.15) is 0 Å². The van der Waals surface area contributed by atoms with Crippen LogP contribution in [0.4, 0.5) is 14.5 Å². The number of carbonyl (C=O) groups is 3. The molecule has 152 valence electrons. The summed E-state index contributed by atoms with van der Waals surface area (Å²) in [5.41, 5.74) is -0.626. The maximum Gasteiger partial charge on any atom is 0.256 e. The van der Waals surface area contributed by atoms with E-state index in [2.05, 4.69) is 10.6 Å². The average molecular weight is 397 g/mol. The zero-order valence-electron chi connectivity index (χ0n) is 15.0. The predicted octanol–water partition coefficient (Wildman–Crippen LogP) is -0.246. The molecule has 0 aliphatic carbocycles. The van der Waals surface area contributed by atoms with Crippen LogP contribution < -0.4 is 10.6 Å². The fraction of sp³-hybridized carbons (Fsp3) is 0.500. The number of carbonyl (C=O) groups excluding carboxylic acids is 3. The van der Waals surface area contributed by atoms with Crippen molar-refractivity contribution in [2.45, 2.75) is 31.5 Å². The Morgan fingerprint density at radius 2 is 1.79 bits per heavy atom. The number of likely N-dealkylation sites (tertiary alicyclic amines) is 1. The van der Waals surface area contributed by atoms with E-state index in [1.54, 1.807) is 0 Å². The smallest absolute Gasteiger partial charge is 0.256 e. The van der Waals surface area contributed by atoms with Crippen molar-refractivity contribution in [3.8, 4) is 0 Å². The lowest BCUT2D eigenvalue weighted by molar-refractivity contribution is -0.154. The first-order chi connectivity index (χ1) is 13.2. The summed E-state index contributed by atoms with van der Waals surface area (Å²) in [7, 11) is 0. The van der Waals surface area contributed by atoms with Gasteiger partial charge in [0.25, 0.3) is 11.8 Å². The zero-order chi connectivity index (χ0) is 20.5. The Kier molecular flexibility index (Phi) is 5.61. The van der Waals surface area contributed by atoms with Gasteiger partial charge in [0.05, 0.1) is 5.41 Å². The Morgan fingerprint density at radius 3 is 2.36 bits per heavy atom. The van der Waals surface area contributed by atoms with Gasteiger partial charge in [-0.3, -0.25) is 14.4 Å². The van der Waals surface area contributed by atoms with Gasteiger partial charge in [-0.25, -0.2) is 8.78 Å². The van der Waals surface area contributed by atoms with Gasteiger partial charge in [0.15, 0.2) is 23.8 Å². The van der Waals surface area contributed by atoms with Crippen molar-refractivity contribution in [1.29, 1.82) is 0 Å². The second-order valence-corrected chi connectivity index (χ2v) is 7.12. The normalized spacial score (nSPS) is 20.6. The van der Waals surface area contributed by atoms with Crippen molar-refractivity contribution < 1.29 is 33.4 Å². The number of rotatable bonds is 4. The van der Waals surface area contributed by atoms with Gasteiger partial charge < -0.3 is 25.7 Å². The van der Waals surface area contributed by atoms with Crippen LogP contribution in [0.3, 0.4) is 0 Å². The number of aliphatic hydroxyl groups excluding tert-OH is 2. The van der Waals surface area contributed by atoms with Gasteiger partial charge in [0.2, 0.25) is 5.91 Å². The highest BCUT2D eigenvalue weighted by Gasteiger charge is 2.46. The molecule has 2 aliphatic heterocycles. The molecule has 0 aromatic heterocycles. The van der Waals surface area contributed by atoms with Gasteiger partial charge in [0, 0.05) is 31.4 Å². The third-order valence-electron chi connectivity index (χ3n) is 5.41. The number of benzene rings is 1. The Labute approximate surface area is 159 Å². The first-order valence-electron chi connectivity index (χ1n) is 8.93. The molecular weight excluding hydrogens is 376 g/mol. The lowest BCUT2D eigenvalue weighted by atomic mass is 9.77. The Morgan fingerprint density at radius 1 is 1.11 bits per heavy atom. The van der Waals surface area contributed by atoms with Crippen molar-refractivity contribution in [2.24, 2.45) is 5.41 Å². The zero-order valence-corrected chi connectivity index (χ0v) is 15.0. The summed E-state index contributed by atoms with van der Waals surface area (Å²) in [6, 6.07) is 2.58. The summed E-state index contributed by atoms with van der Waals surface area (Å²) >= 11 is 0. The summed E-state index contributed by atoms with van der Waals surface area (Å²) in [5, 5.41) is 24.9. The number of hydrogen-bond donors (Lipinski definition) is 4. The third-order valence-corrected chi connectivity index (χ3v) is 5.41. The molecule has 2 aliphatic rings. The van der Waals surface area contributed by atoms with Crippen molar-refractivity contribution >= 4 is 23.4 Å². The van der Waals surface area contributed by atoms with Crippen LogP contribution in [0.5, 0.6) is 0 Å². The highest BCUT2D eigenvalue weighted by atomic mass is 19.2. The van der Waals surface area contributed by atoms with Gasteiger partial charge >= 0.3 is 0 Å². The molecule has 10 heteroatoms. The first kappa shape index (κ1) is 20.2. The van der Waals surface area contributed by atoms with Crippen LogP contribution >= 0.6 is 0 Å². The second kappa shape index (κ2) is 7.80. The van der Waals surface area contributed by atoms with Crippen LogP contribution in [-0.2, 0) is 14.4 Å². The summed E-state index contributed by atoms with van der Waals surface area (Å²) in [4.78, 5) is 37.7. The van der Waals surface area contributed by atoms with Crippen LogP contribution in [0.15, 0.2) is 18.2 Å². The fourth-order valence-electron chi connectivity index (χ4n) is 3.60. The van der Waals surface area contributed by atoms with Gasteiger partial charge in [-0.1, -0.05) is 0 Å². The fourth-order valence-corrected chi connectivity index (χ4v) is 3.60. The molecule has 0 saturated carbocycles. The van der Waals surface area contributed by atoms with E-state index in [1.165, 1.54) is 4.90 Å². The topological polar surface area (TPSA) is 119 Å². The van der Waals surface area contributed by atoms with Crippen molar-refractivity contribution in [2.75, 3.05) is 25.0 Å². The van der Waals surface area contributed by atoms with Crippen molar-refractivity contribution in [1.82, 2.24) is 10.2 Å². The van der Waals surface area contributed by atoms with E-state index in [0.29, 0.717) is 31.9 Å². The van der Waals surface area contributed by atoms with Crippen LogP contribution in [0.1, 0.15) is 19.3 Å². The average Bonchev–Trinajstić information content (AvgIpc) is 3.03. The molecule has 2 heterocycles. The van der Waals surface area contributed by atoms with E-state index in [1.807, 2.05) is 0 Å². The second-order valence-electron chi connectivity index (χ2n) is 7.12. The number of nitrogens with one attached hydrogen (secondary N) is 2. The lowest BCUT2D eigenvalue weighted by Gasteiger charge is -2.38. The molecule has 1 aromatic rings. The molecule has 3 amide bonds. The van der Waals surface area contributed by atoms with E-state index in [4.69, 9.17) is 0 Å². The van der Waals surface area contributed by atoms with Gasteiger partial charge in [-0.05, 0) is 31.4 Å². The molecule has 0 unspecified atom stereocenters. The molecule has 4 N–H and O–H groups in total. The molecule has 2 saturated heterocycles. The first-order valence-corrected chi connectivity index (χ1v) is 8.93. The SMILES string of the molecule is O=C(Nc1ccc(F)c(F)c1)[C@H](O)[C@@H](O)C(=O)N1CCC2(CCNC2=O)CC1. The van der Waals surface area contributed by atoms with Crippen molar-refractivity contribution in [3.63, 3.8) is 0 Å². The molecule has 8 nitrogen and oxygen atoms in total. The molecule has 0 radical (unpaired) electrons. The largest absolute Gasteiger partial charge is 0.380 e. The maximum absolute atomic E-state index is 13.2. The quantitative estimate of drug-likeness (QED) is 0.559. The Hall–Kier alpha value is -2.59. The van der Waals surface area contributed by atoms with E-state index >= 15 is 0 Å². The summed E-state index contributed by atoms with van der Waals surface area (Å²) in [5.74, 6) is -4.29. The summed E-state index contributed by atoms with van der Waals surface area (Å²) in [6.07, 6.45) is -2.54. The number of aliphatic hydroxyl groups is 2. The van der Waals surface area contributed by atoms with E-state index in [0.717, 1.165) is 12.1 Å². The minimum atomic E-state index is -2.09. The van der Waals surface area contributed by atoms with Crippen LogP contribution in [0.25, 0.3) is 0 Å². The monoisotopic (exact) mass is 397 g/mol. The number of piperidine rings is 1. The Balaban J connectivity index is 1.57. The Bertz CT molecular complexity index is 795. The molecule has 0 bridgehead atoms. The number of nitrogens with zero attached hydrogens (tertiary/aromatic N) is 1. The summed E-state index contributed by atoms with van der Waals surface area (Å²) in [6.45, 7) is 1.04. The highest BCUT2D eigenvalue weighted by Crippen LogP contribution is 2.38. The molecule has 2 fully saturated rings.